The zero-order valence-corrected chi connectivity index (χ0v) is 18.8. The second-order valence-corrected chi connectivity index (χ2v) is 8.93. The van der Waals surface area contributed by atoms with Crippen LogP contribution in [0.4, 0.5) is 10.6 Å². The van der Waals surface area contributed by atoms with Gasteiger partial charge < -0.3 is 19.7 Å². The molecule has 1 unspecified atom stereocenters. The summed E-state index contributed by atoms with van der Waals surface area (Å²) in [5.74, 6) is 1.31. The van der Waals surface area contributed by atoms with Crippen LogP contribution in [0.2, 0.25) is 5.02 Å². The number of ether oxygens (including phenoxy) is 2. The van der Waals surface area contributed by atoms with Gasteiger partial charge in [-0.3, -0.25) is 4.40 Å². The first-order valence-electron chi connectivity index (χ1n) is 10.2. The van der Waals surface area contributed by atoms with Crippen molar-refractivity contribution in [3.63, 3.8) is 0 Å². The van der Waals surface area contributed by atoms with E-state index in [1.807, 2.05) is 43.4 Å². The Morgan fingerprint density at radius 2 is 2.13 bits per heavy atom. The number of aromatic nitrogens is 3. The number of amides is 1. The van der Waals surface area contributed by atoms with Gasteiger partial charge in [0.1, 0.15) is 22.8 Å². The van der Waals surface area contributed by atoms with Gasteiger partial charge in [0.2, 0.25) is 0 Å². The van der Waals surface area contributed by atoms with E-state index >= 15 is 0 Å². The van der Waals surface area contributed by atoms with Gasteiger partial charge in [-0.15, -0.1) is 0 Å². The molecule has 1 aliphatic heterocycles. The van der Waals surface area contributed by atoms with Gasteiger partial charge in [-0.25, -0.2) is 14.8 Å². The highest BCUT2D eigenvalue weighted by molar-refractivity contribution is 6.32. The maximum absolute atomic E-state index is 12.3. The molecule has 31 heavy (non-hydrogen) atoms. The minimum Gasteiger partial charge on any atom is -0.495 e. The number of hydrogen-bond acceptors (Lipinski definition) is 6. The molecule has 0 spiro atoms. The first-order chi connectivity index (χ1) is 14.7. The summed E-state index contributed by atoms with van der Waals surface area (Å²) in [6, 6.07) is 7.68. The molecule has 1 amide bonds. The Hall–Kier alpha value is -3.00. The van der Waals surface area contributed by atoms with Gasteiger partial charge in [-0.05, 0) is 39.3 Å². The zero-order chi connectivity index (χ0) is 22.2. The summed E-state index contributed by atoms with van der Waals surface area (Å²) in [6.45, 7) is 6.84. The van der Waals surface area contributed by atoms with Crippen LogP contribution in [0.1, 0.15) is 27.2 Å². The molecule has 1 atom stereocenters. The monoisotopic (exact) mass is 443 g/mol. The SMILES string of the molecule is COc1cc2ncc(-c3cccc(NC4CCN(C(=O)OC(C)(C)C)C4)n3)n2cc1Cl. The molecule has 4 heterocycles. The van der Waals surface area contributed by atoms with Gasteiger partial charge >= 0.3 is 6.09 Å². The summed E-state index contributed by atoms with van der Waals surface area (Å²) in [5.41, 5.74) is 1.81. The molecule has 0 aliphatic carbocycles. The van der Waals surface area contributed by atoms with Crippen LogP contribution >= 0.6 is 11.6 Å². The lowest BCUT2D eigenvalue weighted by molar-refractivity contribution is 0.0293. The molecule has 0 saturated carbocycles. The quantitative estimate of drug-likeness (QED) is 0.640. The maximum Gasteiger partial charge on any atom is 0.410 e. The van der Waals surface area contributed by atoms with Gasteiger partial charge in [0, 0.05) is 31.4 Å². The lowest BCUT2D eigenvalue weighted by Crippen LogP contribution is -2.36. The highest BCUT2D eigenvalue weighted by Crippen LogP contribution is 2.29. The van der Waals surface area contributed by atoms with E-state index in [0.29, 0.717) is 23.9 Å². The fourth-order valence-electron chi connectivity index (χ4n) is 3.56. The van der Waals surface area contributed by atoms with E-state index in [0.717, 1.165) is 29.3 Å². The average molecular weight is 444 g/mol. The minimum absolute atomic E-state index is 0.108. The molecule has 1 saturated heterocycles. The number of hydrogen-bond donors (Lipinski definition) is 1. The molecule has 0 radical (unpaired) electrons. The number of anilines is 1. The number of halogens is 1. The topological polar surface area (TPSA) is 81.0 Å². The van der Waals surface area contributed by atoms with Crippen LogP contribution in [-0.4, -0.2) is 57.2 Å². The van der Waals surface area contributed by atoms with Gasteiger partial charge in [0.15, 0.2) is 0 Å². The first-order valence-corrected chi connectivity index (χ1v) is 10.5. The number of carbonyl (C=O) groups is 1. The molecule has 0 bridgehead atoms. The summed E-state index contributed by atoms with van der Waals surface area (Å²) in [4.78, 5) is 23.2. The lowest BCUT2D eigenvalue weighted by Gasteiger charge is -2.24. The normalized spacial score (nSPS) is 16.5. The average Bonchev–Trinajstić information content (AvgIpc) is 3.33. The van der Waals surface area contributed by atoms with Crippen LogP contribution in [0, 0.1) is 0 Å². The van der Waals surface area contributed by atoms with Crippen molar-refractivity contribution in [1.82, 2.24) is 19.3 Å². The van der Waals surface area contributed by atoms with E-state index in [2.05, 4.69) is 10.3 Å². The number of pyridine rings is 2. The number of nitrogens with zero attached hydrogens (tertiary/aromatic N) is 4. The summed E-state index contributed by atoms with van der Waals surface area (Å²) in [7, 11) is 1.57. The predicted octanol–water partition coefficient (Wildman–Crippen LogP) is 4.48. The molecule has 1 aliphatic rings. The van der Waals surface area contributed by atoms with Crippen LogP contribution in [0.5, 0.6) is 5.75 Å². The van der Waals surface area contributed by atoms with Crippen molar-refractivity contribution in [2.75, 3.05) is 25.5 Å². The van der Waals surface area contributed by atoms with Crippen LogP contribution in [0.15, 0.2) is 36.7 Å². The Kier molecular flexibility index (Phi) is 5.66. The summed E-state index contributed by atoms with van der Waals surface area (Å²) in [6.07, 6.45) is 4.08. The van der Waals surface area contributed by atoms with E-state index in [9.17, 15) is 4.79 Å². The van der Waals surface area contributed by atoms with Crippen LogP contribution < -0.4 is 10.1 Å². The summed E-state index contributed by atoms with van der Waals surface area (Å²) >= 11 is 6.29. The Balaban J connectivity index is 1.49. The van der Waals surface area contributed by atoms with Gasteiger partial charge in [-0.2, -0.15) is 0 Å². The molecule has 3 aromatic rings. The smallest absolute Gasteiger partial charge is 0.410 e. The fourth-order valence-corrected chi connectivity index (χ4v) is 3.79. The molecular weight excluding hydrogens is 418 g/mol. The Labute approximate surface area is 186 Å². The van der Waals surface area contributed by atoms with Crippen LogP contribution in [0.3, 0.4) is 0 Å². The first kappa shape index (κ1) is 21.2. The molecular formula is C22H26ClN5O3. The summed E-state index contributed by atoms with van der Waals surface area (Å²) < 4.78 is 12.6. The predicted molar refractivity (Wildman–Crippen MR) is 120 cm³/mol. The molecule has 0 aromatic carbocycles. The van der Waals surface area contributed by atoms with Crippen LogP contribution in [-0.2, 0) is 4.74 Å². The number of fused-ring (bicyclic) bond motifs is 1. The Morgan fingerprint density at radius 1 is 1.32 bits per heavy atom. The Morgan fingerprint density at radius 3 is 2.87 bits per heavy atom. The summed E-state index contributed by atoms with van der Waals surface area (Å²) in [5, 5.41) is 3.93. The highest BCUT2D eigenvalue weighted by atomic mass is 35.5. The largest absolute Gasteiger partial charge is 0.495 e. The molecule has 9 heteroatoms. The molecule has 3 aromatic heterocycles. The number of carbonyl (C=O) groups excluding carboxylic acids is 1. The van der Waals surface area contributed by atoms with Crippen LogP contribution in [0.25, 0.3) is 17.0 Å². The molecule has 164 valence electrons. The number of rotatable bonds is 4. The third-order valence-electron chi connectivity index (χ3n) is 4.99. The standard InChI is InChI=1S/C22H26ClN5O3/c1-22(2,3)31-21(29)27-9-8-14(12-27)25-19-7-5-6-16(26-19)17-11-24-20-10-18(30-4)15(23)13-28(17)20/h5-7,10-11,13-14H,8-9,12H2,1-4H3,(H,25,26). The van der Waals surface area contributed by atoms with Gasteiger partial charge in [0.25, 0.3) is 0 Å². The fraction of sp³-hybridized carbons (Fsp3) is 0.409. The van der Waals surface area contributed by atoms with E-state index in [1.165, 1.54) is 0 Å². The third kappa shape index (κ3) is 4.69. The second kappa shape index (κ2) is 8.26. The minimum atomic E-state index is -0.501. The highest BCUT2D eigenvalue weighted by Gasteiger charge is 2.30. The van der Waals surface area contributed by atoms with Crippen molar-refractivity contribution in [3.8, 4) is 17.1 Å². The van der Waals surface area contributed by atoms with Gasteiger partial charge in [-0.1, -0.05) is 17.7 Å². The van der Waals surface area contributed by atoms with E-state index in [4.69, 9.17) is 26.1 Å². The van der Waals surface area contributed by atoms with Crippen molar-refractivity contribution in [1.29, 1.82) is 0 Å². The maximum atomic E-state index is 12.3. The molecule has 1 N–H and O–H groups in total. The third-order valence-corrected chi connectivity index (χ3v) is 5.27. The van der Waals surface area contributed by atoms with E-state index in [1.54, 1.807) is 30.5 Å². The number of methoxy groups -OCH3 is 1. The van der Waals surface area contributed by atoms with Crippen molar-refractivity contribution in [2.24, 2.45) is 0 Å². The Bertz CT molecular complexity index is 1110. The van der Waals surface area contributed by atoms with E-state index in [-0.39, 0.29) is 12.1 Å². The number of imidazole rings is 1. The zero-order valence-electron chi connectivity index (χ0n) is 18.1. The van der Waals surface area contributed by atoms with Gasteiger partial charge in [0.05, 0.1) is 29.7 Å². The molecule has 8 nitrogen and oxygen atoms in total. The van der Waals surface area contributed by atoms with Crippen molar-refractivity contribution in [3.05, 3.63) is 41.7 Å². The van der Waals surface area contributed by atoms with Crippen molar-refractivity contribution < 1.29 is 14.3 Å². The van der Waals surface area contributed by atoms with Crippen molar-refractivity contribution >= 4 is 29.2 Å². The number of likely N-dealkylation sites (tertiary alicyclic amines) is 1. The van der Waals surface area contributed by atoms with Crippen molar-refractivity contribution in [2.45, 2.75) is 38.8 Å². The lowest BCUT2D eigenvalue weighted by atomic mass is 10.2. The number of nitrogens with one attached hydrogen (secondary N) is 1. The molecule has 1 fully saturated rings. The van der Waals surface area contributed by atoms with E-state index < -0.39 is 5.60 Å². The second-order valence-electron chi connectivity index (χ2n) is 8.53. The molecule has 4 rings (SSSR count).